The van der Waals surface area contributed by atoms with Gasteiger partial charge in [-0.1, -0.05) is 6.42 Å². The summed E-state index contributed by atoms with van der Waals surface area (Å²) in [7, 11) is 0. The molecule has 0 aromatic heterocycles. The number of carbonyl (C=O) groups is 2. The fourth-order valence-electron chi connectivity index (χ4n) is 3.34. The molecule has 17 heavy (non-hydrogen) atoms. The first-order chi connectivity index (χ1) is 7.11. The molecule has 2 bridgehead atoms. The van der Waals surface area contributed by atoms with Crippen molar-refractivity contribution in [2.24, 2.45) is 23.7 Å². The van der Waals surface area contributed by atoms with Gasteiger partial charge in [-0.15, -0.1) is 0 Å². The van der Waals surface area contributed by atoms with Crippen molar-refractivity contribution in [3.63, 3.8) is 0 Å². The van der Waals surface area contributed by atoms with Gasteiger partial charge in [-0.05, 0) is 37.5 Å². The predicted octanol–water partition coefficient (Wildman–Crippen LogP) is -7.06. The normalized spacial score (nSPS) is 35.1. The molecule has 0 radical (unpaired) electrons. The molecule has 3 fully saturated rings. The van der Waals surface area contributed by atoms with E-state index >= 15 is 0 Å². The zero-order valence-corrected chi connectivity index (χ0v) is 14.5. The van der Waals surface area contributed by atoms with Crippen LogP contribution in [-0.4, -0.2) is 11.9 Å². The first-order valence-corrected chi connectivity index (χ1v) is 5.53. The zero-order valence-electron chi connectivity index (χ0n) is 10.5. The van der Waals surface area contributed by atoms with E-state index in [1.54, 1.807) is 0 Å². The van der Waals surface area contributed by atoms with Crippen LogP contribution in [0.5, 0.6) is 0 Å². The summed E-state index contributed by atoms with van der Waals surface area (Å²) in [5, 5.41) is 22.0. The molecule has 3 saturated carbocycles. The molecule has 0 spiro atoms. The van der Waals surface area contributed by atoms with Crippen LogP contribution in [0.4, 0.5) is 0 Å². The third-order valence-electron chi connectivity index (χ3n) is 4.01. The van der Waals surface area contributed by atoms with E-state index in [1.807, 2.05) is 0 Å². The van der Waals surface area contributed by atoms with E-state index < -0.39 is 23.8 Å². The average molecular weight is 256 g/mol. The summed E-state index contributed by atoms with van der Waals surface area (Å²) in [5.74, 6) is -4.10. The van der Waals surface area contributed by atoms with Gasteiger partial charge in [0.05, 0.1) is 0 Å². The van der Waals surface area contributed by atoms with Gasteiger partial charge in [0.15, 0.2) is 0 Å². The van der Waals surface area contributed by atoms with Crippen LogP contribution in [-0.2, 0) is 9.59 Å². The molecule has 0 heterocycles. The molecular formula is C11H14Na2O4. The molecule has 3 rings (SSSR count). The Balaban J connectivity index is 0.00000128. The number of hydrogen-bond acceptors (Lipinski definition) is 4. The summed E-state index contributed by atoms with van der Waals surface area (Å²) >= 11 is 0. The minimum Gasteiger partial charge on any atom is -0.550 e. The van der Waals surface area contributed by atoms with E-state index in [4.69, 9.17) is 0 Å². The van der Waals surface area contributed by atoms with Crippen LogP contribution in [0.1, 0.15) is 32.1 Å². The van der Waals surface area contributed by atoms with E-state index in [-0.39, 0.29) is 71.0 Å². The second-order valence-corrected chi connectivity index (χ2v) is 4.72. The van der Waals surface area contributed by atoms with Crippen LogP contribution in [0.3, 0.4) is 0 Å². The molecule has 4 atom stereocenters. The number of carboxylic acid groups (broad SMARTS) is 2. The first-order valence-electron chi connectivity index (χ1n) is 5.53. The molecule has 0 aliphatic heterocycles. The number of hydrogen-bond donors (Lipinski definition) is 0. The summed E-state index contributed by atoms with van der Waals surface area (Å²) in [6.45, 7) is 0. The van der Waals surface area contributed by atoms with Crippen LogP contribution in [0.15, 0.2) is 0 Å². The number of carboxylic acids is 2. The van der Waals surface area contributed by atoms with E-state index in [2.05, 4.69) is 0 Å². The summed E-state index contributed by atoms with van der Waals surface area (Å²) in [6, 6.07) is 0. The Hall–Kier alpha value is 0.940. The maximum absolute atomic E-state index is 11.0. The molecule has 4 unspecified atom stereocenters. The fourth-order valence-corrected chi connectivity index (χ4v) is 3.34. The SMILES string of the molecule is O=C([O-])C1C2CCCC(CC2)C1C(=O)[O-].[Na+].[Na+]. The van der Waals surface area contributed by atoms with Crippen LogP contribution in [0.25, 0.3) is 0 Å². The van der Waals surface area contributed by atoms with Crippen molar-refractivity contribution in [1.82, 2.24) is 0 Å². The Kier molecular flexibility index (Phi) is 7.93. The van der Waals surface area contributed by atoms with Crippen molar-refractivity contribution in [2.45, 2.75) is 32.1 Å². The Morgan fingerprint density at radius 1 is 0.765 bits per heavy atom. The standard InChI is InChI=1S/C11H16O4.2Na/c12-10(13)8-6-2-1-3-7(5-4-6)9(8)11(14)15;;/h6-9H,1-5H2,(H,12,13)(H,14,15);;/q;2*+1/p-2. The number of aliphatic carboxylic acids is 2. The number of fused-ring (bicyclic) bond motifs is 4. The van der Waals surface area contributed by atoms with Crippen LogP contribution >= 0.6 is 0 Å². The smallest absolute Gasteiger partial charge is 0.550 e. The molecule has 0 aromatic rings. The minimum absolute atomic E-state index is 0. The van der Waals surface area contributed by atoms with Crippen molar-refractivity contribution in [3.8, 4) is 0 Å². The number of carbonyl (C=O) groups excluding carboxylic acids is 2. The molecule has 0 amide bonds. The van der Waals surface area contributed by atoms with Gasteiger partial charge in [-0.3, -0.25) is 0 Å². The van der Waals surface area contributed by atoms with Crippen LogP contribution in [0, 0.1) is 23.7 Å². The third-order valence-corrected chi connectivity index (χ3v) is 4.01. The van der Waals surface area contributed by atoms with Crippen LogP contribution in [0.2, 0.25) is 0 Å². The predicted molar refractivity (Wildman–Crippen MR) is 47.1 cm³/mol. The first kappa shape index (κ1) is 17.9. The maximum Gasteiger partial charge on any atom is 1.00 e. The second-order valence-electron chi connectivity index (χ2n) is 4.72. The van der Waals surface area contributed by atoms with Gasteiger partial charge < -0.3 is 19.8 Å². The molecule has 3 aliphatic carbocycles. The quantitative estimate of drug-likeness (QED) is 0.460. The summed E-state index contributed by atoms with van der Waals surface area (Å²) in [4.78, 5) is 22.0. The van der Waals surface area contributed by atoms with Crippen molar-refractivity contribution in [3.05, 3.63) is 0 Å². The Labute approximate surface area is 145 Å². The molecule has 3 aliphatic rings. The van der Waals surface area contributed by atoms with Gasteiger partial charge in [0.1, 0.15) is 0 Å². The molecule has 84 valence electrons. The summed E-state index contributed by atoms with van der Waals surface area (Å²) in [6.07, 6.45) is 4.22. The van der Waals surface area contributed by atoms with E-state index in [9.17, 15) is 19.8 Å². The van der Waals surface area contributed by atoms with Crippen LogP contribution < -0.4 is 69.3 Å². The van der Waals surface area contributed by atoms with Crippen molar-refractivity contribution in [1.29, 1.82) is 0 Å². The van der Waals surface area contributed by atoms with E-state index in [0.29, 0.717) is 0 Å². The maximum atomic E-state index is 11.0. The van der Waals surface area contributed by atoms with Gasteiger partial charge in [0.2, 0.25) is 0 Å². The largest absolute Gasteiger partial charge is 1.00 e. The summed E-state index contributed by atoms with van der Waals surface area (Å²) in [5.41, 5.74) is 0. The molecule has 6 heteroatoms. The fraction of sp³-hybridized carbons (Fsp3) is 0.818. The summed E-state index contributed by atoms with van der Waals surface area (Å²) < 4.78 is 0. The van der Waals surface area contributed by atoms with Crippen molar-refractivity contribution in [2.75, 3.05) is 0 Å². The van der Waals surface area contributed by atoms with Gasteiger partial charge in [0.25, 0.3) is 0 Å². The number of rotatable bonds is 2. The monoisotopic (exact) mass is 256 g/mol. The molecular weight excluding hydrogens is 242 g/mol. The Bertz CT molecular complexity index is 263. The van der Waals surface area contributed by atoms with Gasteiger partial charge in [-0.2, -0.15) is 0 Å². The molecule has 4 nitrogen and oxygen atoms in total. The topological polar surface area (TPSA) is 80.3 Å². The third kappa shape index (κ3) is 3.71. The molecule has 0 N–H and O–H groups in total. The van der Waals surface area contributed by atoms with E-state index in [0.717, 1.165) is 32.1 Å². The van der Waals surface area contributed by atoms with Gasteiger partial charge in [0, 0.05) is 23.8 Å². The Morgan fingerprint density at radius 3 is 1.41 bits per heavy atom. The molecule has 0 saturated heterocycles. The average Bonchev–Trinajstić information content (AvgIpc) is 2.48. The zero-order chi connectivity index (χ0) is 11.0. The van der Waals surface area contributed by atoms with E-state index in [1.165, 1.54) is 0 Å². The van der Waals surface area contributed by atoms with Gasteiger partial charge in [-0.25, -0.2) is 0 Å². The second kappa shape index (κ2) is 7.51. The van der Waals surface area contributed by atoms with Crippen molar-refractivity contribution < 1.29 is 78.9 Å². The van der Waals surface area contributed by atoms with Gasteiger partial charge >= 0.3 is 59.1 Å². The minimum atomic E-state index is -1.21. The molecule has 0 aromatic carbocycles. The van der Waals surface area contributed by atoms with Crippen molar-refractivity contribution >= 4 is 11.9 Å². The Morgan fingerprint density at radius 2 is 1.12 bits per heavy atom.